The molecule has 0 amide bonds. The SMILES string of the molecule is CNCCc1nc2ccc(N3CCCCC3)cc2cc1C. The Kier molecular flexibility index (Phi) is 4.39. The molecule has 2 aromatic rings. The zero-order valence-electron chi connectivity index (χ0n) is 13.2. The van der Waals surface area contributed by atoms with Crippen LogP contribution in [0, 0.1) is 6.92 Å². The Labute approximate surface area is 127 Å². The van der Waals surface area contributed by atoms with Gasteiger partial charge < -0.3 is 10.2 Å². The van der Waals surface area contributed by atoms with Gasteiger partial charge in [0.05, 0.1) is 5.52 Å². The maximum atomic E-state index is 4.84. The van der Waals surface area contributed by atoms with Crippen molar-refractivity contribution < 1.29 is 0 Å². The van der Waals surface area contributed by atoms with Crippen molar-refractivity contribution in [2.75, 3.05) is 31.6 Å². The molecule has 1 aliphatic rings. The van der Waals surface area contributed by atoms with E-state index in [1.807, 2.05) is 7.05 Å². The molecule has 21 heavy (non-hydrogen) atoms. The fourth-order valence-corrected chi connectivity index (χ4v) is 3.15. The fraction of sp³-hybridized carbons (Fsp3) is 0.500. The Morgan fingerprint density at radius 1 is 1.14 bits per heavy atom. The Bertz CT molecular complexity index is 615. The van der Waals surface area contributed by atoms with Gasteiger partial charge in [0.2, 0.25) is 0 Å². The molecule has 1 aliphatic heterocycles. The molecular formula is C18H25N3. The molecule has 1 fully saturated rings. The number of nitrogens with zero attached hydrogens (tertiary/aromatic N) is 2. The lowest BCUT2D eigenvalue weighted by Crippen LogP contribution is -2.29. The first-order valence-corrected chi connectivity index (χ1v) is 8.08. The van der Waals surface area contributed by atoms with Crippen LogP contribution < -0.4 is 10.2 Å². The van der Waals surface area contributed by atoms with Crippen LogP contribution in [0.2, 0.25) is 0 Å². The molecular weight excluding hydrogens is 258 g/mol. The average Bonchev–Trinajstić information content (AvgIpc) is 2.53. The third-order valence-electron chi connectivity index (χ3n) is 4.43. The molecule has 0 spiro atoms. The predicted octanol–water partition coefficient (Wildman–Crippen LogP) is 3.30. The maximum absolute atomic E-state index is 4.84. The maximum Gasteiger partial charge on any atom is 0.0707 e. The highest BCUT2D eigenvalue weighted by Gasteiger charge is 2.12. The van der Waals surface area contributed by atoms with E-state index >= 15 is 0 Å². The summed E-state index contributed by atoms with van der Waals surface area (Å²) in [6.07, 6.45) is 5.00. The highest BCUT2D eigenvalue weighted by Crippen LogP contribution is 2.25. The molecule has 0 saturated carbocycles. The zero-order valence-corrected chi connectivity index (χ0v) is 13.2. The standard InChI is InChI=1S/C18H25N3/c1-14-12-15-13-16(21-10-4-3-5-11-21)6-7-18(15)20-17(14)8-9-19-2/h6-7,12-13,19H,3-5,8-11H2,1-2H3. The number of benzene rings is 1. The van der Waals surface area contributed by atoms with E-state index in [9.17, 15) is 0 Å². The Morgan fingerprint density at radius 3 is 2.71 bits per heavy atom. The van der Waals surface area contributed by atoms with E-state index in [2.05, 4.69) is 41.4 Å². The van der Waals surface area contributed by atoms with Crippen LogP contribution in [0.5, 0.6) is 0 Å². The van der Waals surface area contributed by atoms with Crippen molar-refractivity contribution in [3.8, 4) is 0 Å². The highest BCUT2D eigenvalue weighted by molar-refractivity contribution is 5.83. The van der Waals surface area contributed by atoms with Gasteiger partial charge in [-0.2, -0.15) is 0 Å². The van der Waals surface area contributed by atoms with Crippen LogP contribution in [0.25, 0.3) is 10.9 Å². The third-order valence-corrected chi connectivity index (χ3v) is 4.43. The first-order chi connectivity index (χ1) is 10.3. The number of aromatic nitrogens is 1. The van der Waals surface area contributed by atoms with Gasteiger partial charge in [-0.1, -0.05) is 0 Å². The van der Waals surface area contributed by atoms with Crippen LogP contribution in [-0.4, -0.2) is 31.7 Å². The number of fused-ring (bicyclic) bond motifs is 1. The minimum absolute atomic E-state index is 0.977. The number of hydrogen-bond donors (Lipinski definition) is 1. The lowest BCUT2D eigenvalue weighted by molar-refractivity contribution is 0.578. The first-order valence-electron chi connectivity index (χ1n) is 8.08. The van der Waals surface area contributed by atoms with Gasteiger partial charge in [0.15, 0.2) is 0 Å². The topological polar surface area (TPSA) is 28.2 Å². The minimum Gasteiger partial charge on any atom is -0.372 e. The van der Waals surface area contributed by atoms with Crippen molar-refractivity contribution in [3.05, 3.63) is 35.5 Å². The van der Waals surface area contributed by atoms with Crippen molar-refractivity contribution >= 4 is 16.6 Å². The molecule has 3 rings (SSSR count). The summed E-state index contributed by atoms with van der Waals surface area (Å²) >= 11 is 0. The monoisotopic (exact) mass is 283 g/mol. The van der Waals surface area contributed by atoms with Crippen LogP contribution >= 0.6 is 0 Å². The van der Waals surface area contributed by atoms with Gasteiger partial charge in [0.1, 0.15) is 0 Å². The number of piperidine rings is 1. The van der Waals surface area contributed by atoms with E-state index in [0.717, 1.165) is 18.5 Å². The van der Waals surface area contributed by atoms with Crippen LogP contribution in [0.4, 0.5) is 5.69 Å². The molecule has 1 saturated heterocycles. The van der Waals surface area contributed by atoms with E-state index in [4.69, 9.17) is 4.98 Å². The molecule has 3 heteroatoms. The molecule has 1 N–H and O–H groups in total. The smallest absolute Gasteiger partial charge is 0.0707 e. The number of nitrogens with one attached hydrogen (secondary N) is 1. The van der Waals surface area contributed by atoms with E-state index in [0.29, 0.717) is 0 Å². The van der Waals surface area contributed by atoms with Crippen molar-refractivity contribution in [2.45, 2.75) is 32.6 Å². The first kappa shape index (κ1) is 14.3. The van der Waals surface area contributed by atoms with Gasteiger partial charge in [0, 0.05) is 42.8 Å². The van der Waals surface area contributed by atoms with Crippen molar-refractivity contribution in [1.82, 2.24) is 10.3 Å². The predicted molar refractivity (Wildman–Crippen MR) is 90.2 cm³/mol. The Hall–Kier alpha value is -1.61. The number of pyridine rings is 1. The second kappa shape index (κ2) is 6.44. The lowest BCUT2D eigenvalue weighted by Gasteiger charge is -2.29. The van der Waals surface area contributed by atoms with Gasteiger partial charge >= 0.3 is 0 Å². The van der Waals surface area contributed by atoms with Crippen molar-refractivity contribution in [3.63, 3.8) is 0 Å². The molecule has 112 valence electrons. The number of anilines is 1. The quantitative estimate of drug-likeness (QED) is 0.933. The number of likely N-dealkylation sites (N-methyl/N-ethyl adjacent to an activating group) is 1. The molecule has 2 heterocycles. The minimum atomic E-state index is 0.977. The van der Waals surface area contributed by atoms with E-state index in [-0.39, 0.29) is 0 Å². The van der Waals surface area contributed by atoms with Gasteiger partial charge in [-0.05, 0) is 63.1 Å². The zero-order chi connectivity index (χ0) is 14.7. The molecule has 0 unspecified atom stereocenters. The second-order valence-corrected chi connectivity index (χ2v) is 6.03. The third kappa shape index (κ3) is 3.18. The summed E-state index contributed by atoms with van der Waals surface area (Å²) in [5, 5.41) is 4.46. The summed E-state index contributed by atoms with van der Waals surface area (Å²) in [5.74, 6) is 0. The summed E-state index contributed by atoms with van der Waals surface area (Å²) in [6, 6.07) is 9.02. The van der Waals surface area contributed by atoms with Crippen molar-refractivity contribution in [2.24, 2.45) is 0 Å². The van der Waals surface area contributed by atoms with Gasteiger partial charge in [0.25, 0.3) is 0 Å². The fourth-order valence-electron chi connectivity index (χ4n) is 3.15. The highest BCUT2D eigenvalue weighted by atomic mass is 15.1. The molecule has 0 atom stereocenters. The van der Waals surface area contributed by atoms with Crippen LogP contribution in [0.3, 0.4) is 0 Å². The van der Waals surface area contributed by atoms with Crippen LogP contribution in [0.15, 0.2) is 24.3 Å². The number of rotatable bonds is 4. The van der Waals surface area contributed by atoms with Gasteiger partial charge in [-0.15, -0.1) is 0 Å². The van der Waals surface area contributed by atoms with E-state index in [1.54, 1.807) is 0 Å². The molecule has 3 nitrogen and oxygen atoms in total. The van der Waals surface area contributed by atoms with E-state index in [1.165, 1.54) is 54.7 Å². The van der Waals surface area contributed by atoms with Gasteiger partial charge in [-0.25, -0.2) is 0 Å². The Morgan fingerprint density at radius 2 is 1.95 bits per heavy atom. The second-order valence-electron chi connectivity index (χ2n) is 6.03. The van der Waals surface area contributed by atoms with Gasteiger partial charge in [-0.3, -0.25) is 4.98 Å². The summed E-state index contributed by atoms with van der Waals surface area (Å²) in [4.78, 5) is 7.35. The summed E-state index contributed by atoms with van der Waals surface area (Å²) in [7, 11) is 1.99. The molecule has 1 aromatic carbocycles. The van der Waals surface area contributed by atoms with E-state index < -0.39 is 0 Å². The molecule has 0 bridgehead atoms. The Balaban J connectivity index is 1.90. The summed E-state index contributed by atoms with van der Waals surface area (Å²) < 4.78 is 0. The summed E-state index contributed by atoms with van der Waals surface area (Å²) in [6.45, 7) is 5.53. The average molecular weight is 283 g/mol. The molecule has 0 radical (unpaired) electrons. The van der Waals surface area contributed by atoms with Crippen LogP contribution in [0.1, 0.15) is 30.5 Å². The molecule has 1 aromatic heterocycles. The summed E-state index contributed by atoms with van der Waals surface area (Å²) in [5.41, 5.74) is 4.98. The number of aryl methyl sites for hydroxylation is 1. The molecule has 0 aliphatic carbocycles. The number of hydrogen-bond acceptors (Lipinski definition) is 3. The normalized spacial score (nSPS) is 15.6. The van der Waals surface area contributed by atoms with Crippen molar-refractivity contribution in [1.29, 1.82) is 0 Å². The van der Waals surface area contributed by atoms with Crippen LogP contribution in [-0.2, 0) is 6.42 Å². The lowest BCUT2D eigenvalue weighted by atomic mass is 10.1. The largest absolute Gasteiger partial charge is 0.372 e.